The van der Waals surface area contributed by atoms with Crippen LogP contribution in [-0.4, -0.2) is 24.5 Å². The molecule has 1 aromatic carbocycles. The summed E-state index contributed by atoms with van der Waals surface area (Å²) in [6, 6.07) is 9.95. The maximum atomic E-state index is 13.5. The number of halogens is 1. The number of carbonyl (C=O) groups is 1. The molecule has 1 N–H and O–H groups in total. The molecule has 0 atom stereocenters. The molecule has 0 fully saturated rings. The van der Waals surface area contributed by atoms with Crippen LogP contribution in [0.15, 0.2) is 42.6 Å². The highest BCUT2D eigenvalue weighted by atomic mass is 19.1. The van der Waals surface area contributed by atoms with Crippen LogP contribution in [0, 0.1) is 5.82 Å². The summed E-state index contributed by atoms with van der Waals surface area (Å²) in [7, 11) is 2.02. The van der Waals surface area contributed by atoms with Crippen LogP contribution in [0.3, 0.4) is 0 Å². The lowest BCUT2D eigenvalue weighted by molar-refractivity contribution is -0.115. The molecule has 5 heteroatoms. The Balaban J connectivity index is 1.93. The van der Waals surface area contributed by atoms with Gasteiger partial charge in [-0.1, -0.05) is 31.5 Å². The Bertz CT molecular complexity index is 643. The molecular formula is C18H22FN3O. The molecule has 2 aromatic rings. The monoisotopic (exact) mass is 315 g/mol. The van der Waals surface area contributed by atoms with E-state index in [0.717, 1.165) is 25.1 Å². The van der Waals surface area contributed by atoms with Crippen LogP contribution in [-0.2, 0) is 11.2 Å². The van der Waals surface area contributed by atoms with Gasteiger partial charge in [0, 0.05) is 13.6 Å². The molecule has 2 rings (SSSR count). The second kappa shape index (κ2) is 8.27. The fourth-order valence-electron chi connectivity index (χ4n) is 2.21. The summed E-state index contributed by atoms with van der Waals surface area (Å²) in [6.45, 7) is 3.12. The highest BCUT2D eigenvalue weighted by molar-refractivity contribution is 5.91. The first-order valence-electron chi connectivity index (χ1n) is 7.80. The summed E-state index contributed by atoms with van der Waals surface area (Å²) in [5, 5.41) is 2.69. The lowest BCUT2D eigenvalue weighted by Crippen LogP contribution is -2.19. The lowest BCUT2D eigenvalue weighted by atomic mass is 10.1. The van der Waals surface area contributed by atoms with Gasteiger partial charge in [-0.3, -0.25) is 4.79 Å². The van der Waals surface area contributed by atoms with Crippen LogP contribution < -0.4 is 10.2 Å². The number of amides is 1. The molecule has 0 radical (unpaired) electrons. The van der Waals surface area contributed by atoms with Crippen molar-refractivity contribution < 1.29 is 9.18 Å². The predicted molar refractivity (Wildman–Crippen MR) is 91.1 cm³/mol. The van der Waals surface area contributed by atoms with Crippen LogP contribution in [0.5, 0.6) is 0 Å². The number of carbonyl (C=O) groups excluding carboxylic acids is 1. The topological polar surface area (TPSA) is 45.2 Å². The number of hydrogen-bond donors (Lipinski definition) is 1. The minimum absolute atomic E-state index is 0.00743. The molecule has 0 aliphatic heterocycles. The van der Waals surface area contributed by atoms with E-state index in [1.807, 2.05) is 13.1 Å². The fourth-order valence-corrected chi connectivity index (χ4v) is 2.21. The van der Waals surface area contributed by atoms with Gasteiger partial charge in [0.1, 0.15) is 11.6 Å². The van der Waals surface area contributed by atoms with Crippen molar-refractivity contribution in [3.05, 3.63) is 54.0 Å². The zero-order chi connectivity index (χ0) is 16.7. The molecule has 122 valence electrons. The minimum atomic E-state index is -0.372. The maximum Gasteiger partial charge on any atom is 0.230 e. The second-order valence-electron chi connectivity index (χ2n) is 5.49. The third-order valence-corrected chi connectivity index (χ3v) is 3.61. The molecule has 0 saturated carbocycles. The number of nitrogens with one attached hydrogen (secondary N) is 1. The van der Waals surface area contributed by atoms with E-state index >= 15 is 0 Å². The van der Waals surface area contributed by atoms with E-state index in [9.17, 15) is 9.18 Å². The summed E-state index contributed by atoms with van der Waals surface area (Å²) in [4.78, 5) is 18.3. The van der Waals surface area contributed by atoms with Gasteiger partial charge in [0.05, 0.1) is 18.3 Å². The standard InChI is InChI=1S/C18H22FN3O/c1-3-4-11-22(2)15-9-10-17(20-13-15)21-18(23)12-14-7-5-6-8-16(14)19/h5-10,13H,3-4,11-12H2,1-2H3,(H,20,21,23). The number of nitrogens with zero attached hydrogens (tertiary/aromatic N) is 2. The zero-order valence-corrected chi connectivity index (χ0v) is 13.6. The lowest BCUT2D eigenvalue weighted by Gasteiger charge is -2.18. The number of anilines is 2. The quantitative estimate of drug-likeness (QED) is 0.848. The maximum absolute atomic E-state index is 13.5. The van der Waals surface area contributed by atoms with Crippen molar-refractivity contribution in [1.82, 2.24) is 4.98 Å². The molecule has 1 aromatic heterocycles. The third kappa shape index (κ3) is 5.06. The van der Waals surface area contributed by atoms with Crippen molar-refractivity contribution in [3.63, 3.8) is 0 Å². The van der Waals surface area contributed by atoms with Crippen molar-refractivity contribution in [2.24, 2.45) is 0 Å². The van der Waals surface area contributed by atoms with Gasteiger partial charge in [-0.25, -0.2) is 9.37 Å². The number of pyridine rings is 1. The van der Waals surface area contributed by atoms with Crippen molar-refractivity contribution in [1.29, 1.82) is 0 Å². The van der Waals surface area contributed by atoms with E-state index < -0.39 is 0 Å². The van der Waals surface area contributed by atoms with Crippen LogP contribution in [0.1, 0.15) is 25.3 Å². The van der Waals surface area contributed by atoms with Crippen molar-refractivity contribution in [2.45, 2.75) is 26.2 Å². The van der Waals surface area contributed by atoms with E-state index in [1.54, 1.807) is 30.5 Å². The van der Waals surface area contributed by atoms with Crippen LogP contribution in [0.2, 0.25) is 0 Å². The molecule has 23 heavy (non-hydrogen) atoms. The van der Waals surface area contributed by atoms with E-state index in [-0.39, 0.29) is 18.1 Å². The Morgan fingerprint density at radius 3 is 2.70 bits per heavy atom. The largest absolute Gasteiger partial charge is 0.373 e. The first-order valence-corrected chi connectivity index (χ1v) is 7.80. The third-order valence-electron chi connectivity index (χ3n) is 3.61. The van der Waals surface area contributed by atoms with Gasteiger partial charge in [0.15, 0.2) is 0 Å². The SMILES string of the molecule is CCCCN(C)c1ccc(NC(=O)Cc2ccccc2F)nc1. The Morgan fingerprint density at radius 1 is 1.26 bits per heavy atom. The molecule has 1 amide bonds. The van der Waals surface area contributed by atoms with Gasteiger partial charge in [0.2, 0.25) is 5.91 Å². The van der Waals surface area contributed by atoms with Crippen molar-refractivity contribution >= 4 is 17.4 Å². The first-order chi connectivity index (χ1) is 11.1. The highest BCUT2D eigenvalue weighted by Crippen LogP contribution is 2.15. The van der Waals surface area contributed by atoms with Gasteiger partial charge < -0.3 is 10.2 Å². The highest BCUT2D eigenvalue weighted by Gasteiger charge is 2.09. The first kappa shape index (κ1) is 16.9. The summed E-state index contributed by atoms with van der Waals surface area (Å²) in [6.07, 6.45) is 3.99. The predicted octanol–water partition coefficient (Wildman–Crippen LogP) is 3.64. The Labute approximate surface area is 136 Å². The molecule has 1 heterocycles. The van der Waals surface area contributed by atoms with Gasteiger partial charge in [-0.2, -0.15) is 0 Å². The Kier molecular flexibility index (Phi) is 6.09. The Morgan fingerprint density at radius 2 is 2.04 bits per heavy atom. The summed E-state index contributed by atoms with van der Waals surface area (Å²) in [5.41, 5.74) is 1.38. The van der Waals surface area contributed by atoms with Crippen LogP contribution in [0.25, 0.3) is 0 Å². The van der Waals surface area contributed by atoms with E-state index in [4.69, 9.17) is 0 Å². The average molecular weight is 315 g/mol. The molecule has 0 aliphatic carbocycles. The van der Waals surface area contributed by atoms with Gasteiger partial charge in [0.25, 0.3) is 0 Å². The molecule has 0 bridgehead atoms. The van der Waals surface area contributed by atoms with Gasteiger partial charge in [-0.15, -0.1) is 0 Å². The fraction of sp³-hybridized carbons (Fsp3) is 0.333. The number of rotatable bonds is 7. The number of unbranched alkanes of at least 4 members (excludes halogenated alkanes) is 1. The summed E-state index contributed by atoms with van der Waals surface area (Å²) >= 11 is 0. The van der Waals surface area contributed by atoms with Gasteiger partial charge in [-0.05, 0) is 30.2 Å². The van der Waals surface area contributed by atoms with E-state index in [2.05, 4.69) is 22.1 Å². The van der Waals surface area contributed by atoms with Gasteiger partial charge >= 0.3 is 0 Å². The number of hydrogen-bond acceptors (Lipinski definition) is 3. The average Bonchev–Trinajstić information content (AvgIpc) is 2.55. The van der Waals surface area contributed by atoms with E-state index in [0.29, 0.717) is 11.4 Å². The van der Waals surface area contributed by atoms with Crippen molar-refractivity contribution in [2.75, 3.05) is 23.8 Å². The summed E-state index contributed by atoms with van der Waals surface area (Å²) in [5.74, 6) is -0.183. The zero-order valence-electron chi connectivity index (χ0n) is 13.6. The van der Waals surface area contributed by atoms with Crippen LogP contribution in [0.4, 0.5) is 15.9 Å². The molecule has 0 saturated heterocycles. The van der Waals surface area contributed by atoms with Crippen LogP contribution >= 0.6 is 0 Å². The smallest absolute Gasteiger partial charge is 0.230 e. The van der Waals surface area contributed by atoms with Crippen molar-refractivity contribution in [3.8, 4) is 0 Å². The molecule has 0 unspecified atom stereocenters. The Hall–Kier alpha value is -2.43. The number of aromatic nitrogens is 1. The van der Waals surface area contributed by atoms with E-state index in [1.165, 1.54) is 6.07 Å². The molecule has 4 nitrogen and oxygen atoms in total. The molecular weight excluding hydrogens is 293 g/mol. The molecule has 0 aliphatic rings. The summed E-state index contributed by atoms with van der Waals surface area (Å²) < 4.78 is 13.5. The minimum Gasteiger partial charge on any atom is -0.373 e. The number of benzene rings is 1. The molecule has 0 spiro atoms. The normalized spacial score (nSPS) is 10.4. The second-order valence-corrected chi connectivity index (χ2v) is 5.49.